The molecule has 0 unspecified atom stereocenters. The number of aryl methyl sites for hydroxylation is 1. The zero-order chi connectivity index (χ0) is 22.7. The molecule has 0 spiro atoms. The molecule has 0 aliphatic rings. The molecular weight excluding hydrogens is 416 g/mol. The van der Waals surface area contributed by atoms with E-state index in [0.717, 1.165) is 29.7 Å². The van der Waals surface area contributed by atoms with Gasteiger partial charge in [-0.05, 0) is 42.0 Å². The van der Waals surface area contributed by atoms with Crippen molar-refractivity contribution >= 4 is 17.6 Å². The molecule has 0 radical (unpaired) electrons. The van der Waals surface area contributed by atoms with Crippen LogP contribution >= 0.6 is 11.3 Å². The fourth-order valence-corrected chi connectivity index (χ4v) is 5.25. The summed E-state index contributed by atoms with van der Waals surface area (Å²) in [4.78, 5) is 19.2. The molecule has 0 bridgehead atoms. The molecule has 2 aromatic heterocycles. The normalized spacial score (nSPS) is 11.2. The van der Waals surface area contributed by atoms with Gasteiger partial charge in [-0.2, -0.15) is 4.98 Å². The molecule has 0 N–H and O–H groups in total. The van der Waals surface area contributed by atoms with E-state index in [1.165, 1.54) is 20.9 Å². The molecule has 0 amide bonds. The van der Waals surface area contributed by atoms with Gasteiger partial charge in [0.05, 0.1) is 7.11 Å². The minimum atomic E-state index is 0.349. The van der Waals surface area contributed by atoms with Crippen molar-refractivity contribution in [1.29, 1.82) is 0 Å². The standard InChI is InChI=1S/C27H28N2O2S/c1-18(2)14-23-15-24(19(3)32-23)21-12-10-20(11-13-21)16-29-25(17-30)27(31-4)28-26(29)22-8-6-5-7-9-22/h5-13,15,17-18H,14,16H2,1-4H3. The SMILES string of the molecule is COc1nc(-c2ccccc2)n(Cc2ccc(-c3cc(CC(C)C)sc3C)cc2)c1C=O. The van der Waals surface area contributed by atoms with Crippen molar-refractivity contribution in [3.05, 3.63) is 81.7 Å². The number of imidazole rings is 1. The third-order valence-electron chi connectivity index (χ3n) is 5.49. The Morgan fingerprint density at radius 3 is 2.41 bits per heavy atom. The molecule has 0 fully saturated rings. The van der Waals surface area contributed by atoms with E-state index in [2.05, 4.69) is 56.1 Å². The number of nitrogens with zero attached hydrogens (tertiary/aromatic N) is 2. The van der Waals surface area contributed by atoms with E-state index < -0.39 is 0 Å². The number of benzene rings is 2. The minimum absolute atomic E-state index is 0.349. The second-order valence-corrected chi connectivity index (χ2v) is 9.72. The van der Waals surface area contributed by atoms with Crippen molar-refractivity contribution in [1.82, 2.24) is 9.55 Å². The van der Waals surface area contributed by atoms with Crippen LogP contribution in [0.3, 0.4) is 0 Å². The van der Waals surface area contributed by atoms with Crippen LogP contribution in [0.2, 0.25) is 0 Å². The molecule has 0 atom stereocenters. The molecule has 5 heteroatoms. The lowest BCUT2D eigenvalue weighted by atomic mass is 10.0. The number of thiophene rings is 1. The maximum absolute atomic E-state index is 11.9. The van der Waals surface area contributed by atoms with Gasteiger partial charge in [-0.25, -0.2) is 0 Å². The summed E-state index contributed by atoms with van der Waals surface area (Å²) in [5.41, 5.74) is 5.02. The number of aldehydes is 1. The van der Waals surface area contributed by atoms with Crippen molar-refractivity contribution in [3.63, 3.8) is 0 Å². The van der Waals surface area contributed by atoms with E-state index in [1.54, 1.807) is 7.11 Å². The van der Waals surface area contributed by atoms with Crippen LogP contribution in [-0.2, 0) is 13.0 Å². The van der Waals surface area contributed by atoms with Crippen molar-refractivity contribution in [2.75, 3.05) is 7.11 Å². The maximum Gasteiger partial charge on any atom is 0.243 e. The smallest absolute Gasteiger partial charge is 0.243 e. The monoisotopic (exact) mass is 444 g/mol. The molecular formula is C27H28N2O2S. The molecule has 0 saturated carbocycles. The van der Waals surface area contributed by atoms with Gasteiger partial charge in [0.1, 0.15) is 11.5 Å². The third kappa shape index (κ3) is 4.53. The highest BCUT2D eigenvalue weighted by Gasteiger charge is 2.19. The van der Waals surface area contributed by atoms with Gasteiger partial charge >= 0.3 is 0 Å². The molecule has 0 saturated heterocycles. The maximum atomic E-state index is 11.9. The fraction of sp³-hybridized carbons (Fsp3) is 0.259. The highest BCUT2D eigenvalue weighted by molar-refractivity contribution is 7.12. The first-order valence-electron chi connectivity index (χ1n) is 10.8. The average molecular weight is 445 g/mol. The number of carbonyl (C=O) groups excluding carboxylic acids is 1. The van der Waals surface area contributed by atoms with E-state index in [0.29, 0.717) is 24.0 Å². The van der Waals surface area contributed by atoms with Crippen LogP contribution in [0, 0.1) is 12.8 Å². The molecule has 32 heavy (non-hydrogen) atoms. The Bertz CT molecular complexity index is 1200. The van der Waals surface area contributed by atoms with Crippen molar-refractivity contribution < 1.29 is 9.53 Å². The minimum Gasteiger partial charge on any atom is -0.479 e. The first-order chi connectivity index (χ1) is 15.5. The van der Waals surface area contributed by atoms with Gasteiger partial charge in [-0.15, -0.1) is 11.3 Å². The number of hydrogen-bond acceptors (Lipinski definition) is 4. The summed E-state index contributed by atoms with van der Waals surface area (Å²) in [6, 6.07) is 20.8. The van der Waals surface area contributed by atoms with Crippen molar-refractivity contribution in [3.8, 4) is 28.4 Å². The lowest BCUT2D eigenvalue weighted by Crippen LogP contribution is -2.06. The Labute approximate surface area is 193 Å². The second-order valence-electron chi connectivity index (χ2n) is 8.38. The Hall–Kier alpha value is -3.18. The molecule has 4 aromatic rings. The number of carbonyl (C=O) groups is 1. The van der Waals surface area contributed by atoms with Gasteiger partial charge in [0.15, 0.2) is 6.29 Å². The number of rotatable bonds is 8. The zero-order valence-electron chi connectivity index (χ0n) is 19.0. The van der Waals surface area contributed by atoms with Gasteiger partial charge in [-0.3, -0.25) is 4.79 Å². The van der Waals surface area contributed by atoms with E-state index in [9.17, 15) is 4.79 Å². The largest absolute Gasteiger partial charge is 0.479 e. The van der Waals surface area contributed by atoms with E-state index >= 15 is 0 Å². The molecule has 0 aliphatic carbocycles. The molecule has 0 aliphatic heterocycles. The molecule has 2 aromatic carbocycles. The molecule has 2 heterocycles. The summed E-state index contributed by atoms with van der Waals surface area (Å²) in [5, 5.41) is 0. The lowest BCUT2D eigenvalue weighted by Gasteiger charge is -2.10. The van der Waals surface area contributed by atoms with Gasteiger partial charge in [-0.1, -0.05) is 68.4 Å². The summed E-state index contributed by atoms with van der Waals surface area (Å²) in [6.45, 7) is 7.24. The molecule has 4 nitrogen and oxygen atoms in total. The summed E-state index contributed by atoms with van der Waals surface area (Å²) in [6.07, 6.45) is 1.93. The predicted octanol–water partition coefficient (Wildman–Crippen LogP) is 6.65. The van der Waals surface area contributed by atoms with Crippen LogP contribution < -0.4 is 4.74 Å². The Morgan fingerprint density at radius 1 is 1.06 bits per heavy atom. The van der Waals surface area contributed by atoms with Crippen LogP contribution in [0.25, 0.3) is 22.5 Å². The van der Waals surface area contributed by atoms with Crippen LogP contribution in [-0.4, -0.2) is 22.9 Å². The Morgan fingerprint density at radius 2 is 1.78 bits per heavy atom. The Balaban J connectivity index is 1.65. The lowest BCUT2D eigenvalue weighted by molar-refractivity contribution is 0.111. The zero-order valence-corrected chi connectivity index (χ0v) is 19.8. The van der Waals surface area contributed by atoms with Gasteiger partial charge in [0.2, 0.25) is 5.88 Å². The molecule has 164 valence electrons. The number of methoxy groups -OCH3 is 1. The fourth-order valence-electron chi connectivity index (χ4n) is 3.98. The van der Waals surface area contributed by atoms with Gasteiger partial charge in [0.25, 0.3) is 0 Å². The topological polar surface area (TPSA) is 44.1 Å². The van der Waals surface area contributed by atoms with Crippen molar-refractivity contribution in [2.24, 2.45) is 5.92 Å². The third-order valence-corrected chi connectivity index (χ3v) is 6.57. The summed E-state index contributed by atoms with van der Waals surface area (Å²) < 4.78 is 7.30. The van der Waals surface area contributed by atoms with Crippen molar-refractivity contribution in [2.45, 2.75) is 33.7 Å². The van der Waals surface area contributed by atoms with Crippen LogP contribution in [0.4, 0.5) is 0 Å². The summed E-state index contributed by atoms with van der Waals surface area (Å²) >= 11 is 1.89. The number of aromatic nitrogens is 2. The van der Waals surface area contributed by atoms with Crippen LogP contribution in [0.1, 0.15) is 39.7 Å². The predicted molar refractivity (Wildman–Crippen MR) is 132 cm³/mol. The number of ether oxygens (including phenoxy) is 1. The highest BCUT2D eigenvalue weighted by Crippen LogP contribution is 2.33. The highest BCUT2D eigenvalue weighted by atomic mass is 32.1. The van der Waals surface area contributed by atoms with E-state index in [1.807, 2.05) is 46.2 Å². The van der Waals surface area contributed by atoms with Gasteiger partial charge in [0, 0.05) is 21.9 Å². The van der Waals surface area contributed by atoms with E-state index in [-0.39, 0.29) is 0 Å². The van der Waals surface area contributed by atoms with E-state index in [4.69, 9.17) is 4.74 Å². The number of hydrogen-bond donors (Lipinski definition) is 0. The second kappa shape index (κ2) is 9.53. The first kappa shape index (κ1) is 22.0. The van der Waals surface area contributed by atoms with Gasteiger partial charge < -0.3 is 9.30 Å². The molecule has 4 rings (SSSR count). The Kier molecular flexibility index (Phi) is 6.56. The summed E-state index contributed by atoms with van der Waals surface area (Å²) in [5.74, 6) is 1.73. The first-order valence-corrected chi connectivity index (χ1v) is 11.7. The quantitative estimate of drug-likeness (QED) is 0.286. The van der Waals surface area contributed by atoms with Crippen LogP contribution in [0.5, 0.6) is 5.88 Å². The average Bonchev–Trinajstić information content (AvgIpc) is 3.33. The summed E-state index contributed by atoms with van der Waals surface area (Å²) in [7, 11) is 1.54. The van der Waals surface area contributed by atoms with Crippen LogP contribution in [0.15, 0.2) is 60.7 Å².